The number of amides is 1. The molecular weight excluding hydrogens is 496 g/mol. The molecule has 1 amide bonds. The molecule has 0 saturated carbocycles. The molecule has 0 spiro atoms. The first-order chi connectivity index (χ1) is 15.1. The van der Waals surface area contributed by atoms with Gasteiger partial charge in [-0.25, -0.2) is 0 Å². The van der Waals surface area contributed by atoms with Crippen molar-refractivity contribution in [1.82, 2.24) is 4.57 Å². The van der Waals surface area contributed by atoms with Crippen molar-refractivity contribution in [3.63, 3.8) is 0 Å². The summed E-state index contributed by atoms with van der Waals surface area (Å²) in [7, 11) is 0. The Kier molecular flexibility index (Phi) is 5.31. The van der Waals surface area contributed by atoms with Crippen molar-refractivity contribution in [2.24, 2.45) is 10.2 Å². The number of hydrogen-bond acceptors (Lipinski definition) is 4. The van der Waals surface area contributed by atoms with Crippen LogP contribution >= 0.6 is 38.9 Å². The van der Waals surface area contributed by atoms with E-state index in [0.717, 1.165) is 32.7 Å². The second-order valence-electron chi connectivity index (χ2n) is 6.77. The molecule has 152 valence electrons. The Bertz CT molecular complexity index is 1390. The van der Waals surface area contributed by atoms with Gasteiger partial charge in [0.1, 0.15) is 0 Å². The van der Waals surface area contributed by atoms with Crippen LogP contribution in [0.2, 0.25) is 5.02 Å². The Morgan fingerprint density at radius 1 is 0.935 bits per heavy atom. The fraction of sp³-hybridized carbons (Fsp3) is 0. The van der Waals surface area contributed by atoms with E-state index in [9.17, 15) is 4.79 Å². The van der Waals surface area contributed by atoms with Crippen molar-refractivity contribution in [3.8, 4) is 16.9 Å². The highest BCUT2D eigenvalue weighted by Crippen LogP contribution is 2.26. The summed E-state index contributed by atoms with van der Waals surface area (Å²) in [6.45, 7) is 0. The highest BCUT2D eigenvalue weighted by Gasteiger charge is 2.25. The number of halogens is 2. The molecule has 2 heterocycles. The Morgan fingerprint density at radius 3 is 2.45 bits per heavy atom. The number of anilines is 1. The normalized spacial score (nSPS) is 14.7. The van der Waals surface area contributed by atoms with Crippen LogP contribution in [0.5, 0.6) is 0 Å². The van der Waals surface area contributed by atoms with Gasteiger partial charge >= 0.3 is 0 Å². The number of fused-ring (bicyclic) bond motifs is 1. The highest BCUT2D eigenvalue weighted by molar-refractivity contribution is 9.10. The predicted molar refractivity (Wildman–Crippen MR) is 129 cm³/mol. The molecule has 3 aromatic carbocycles. The Labute approximate surface area is 195 Å². The molecule has 0 unspecified atom stereocenters. The third kappa shape index (κ3) is 3.87. The number of para-hydroxylation sites is 1. The summed E-state index contributed by atoms with van der Waals surface area (Å²) in [5.41, 5.74) is 4.70. The van der Waals surface area contributed by atoms with Gasteiger partial charge in [-0.15, -0.1) is 21.5 Å². The van der Waals surface area contributed by atoms with Crippen LogP contribution in [0.15, 0.2) is 92.9 Å². The van der Waals surface area contributed by atoms with Gasteiger partial charge in [0, 0.05) is 26.1 Å². The zero-order valence-corrected chi connectivity index (χ0v) is 19.1. The second kappa shape index (κ2) is 8.26. The molecule has 8 heteroatoms. The smallest absolute Gasteiger partial charge is 0.276 e. The van der Waals surface area contributed by atoms with Crippen molar-refractivity contribution in [3.05, 3.63) is 98.0 Å². The quantitative estimate of drug-likeness (QED) is 0.345. The van der Waals surface area contributed by atoms with Gasteiger partial charge in [-0.2, -0.15) is 0 Å². The number of thiazole rings is 1. The van der Waals surface area contributed by atoms with Gasteiger partial charge in [0.25, 0.3) is 5.91 Å². The second-order valence-corrected chi connectivity index (χ2v) is 8.96. The molecule has 5 rings (SSSR count). The Balaban J connectivity index is 1.68. The van der Waals surface area contributed by atoms with Crippen LogP contribution < -0.4 is 10.1 Å². The molecule has 0 radical (unpaired) electrons. The molecule has 0 saturated heterocycles. The Morgan fingerprint density at radius 2 is 1.68 bits per heavy atom. The number of nitrogens with one attached hydrogen (secondary N) is 1. The fourth-order valence-corrected chi connectivity index (χ4v) is 4.58. The molecule has 1 N–H and O–H groups in total. The standard InChI is InChI=1S/C23H14BrClN4OS/c24-15-7-5-14(6-8-15)20-13-31-23(29(20)17-11-9-16(25)10-12-17)28-27-21-18-3-1-2-4-19(18)26-22(21)30/h1-13H,(H,26,27,30)/b28-23-. The lowest BCUT2D eigenvalue weighted by Crippen LogP contribution is -2.16. The van der Waals surface area contributed by atoms with E-state index in [0.29, 0.717) is 15.5 Å². The van der Waals surface area contributed by atoms with E-state index in [1.807, 2.05) is 82.7 Å². The summed E-state index contributed by atoms with van der Waals surface area (Å²) in [5, 5.41) is 14.3. The number of carbonyl (C=O) groups excluding carboxylic acids is 1. The van der Waals surface area contributed by atoms with Crippen LogP contribution in [0.4, 0.5) is 5.69 Å². The zero-order valence-electron chi connectivity index (χ0n) is 15.9. The summed E-state index contributed by atoms with van der Waals surface area (Å²) in [6, 6.07) is 23.1. The van der Waals surface area contributed by atoms with Crippen LogP contribution in [0.1, 0.15) is 5.56 Å². The van der Waals surface area contributed by atoms with E-state index in [-0.39, 0.29) is 5.91 Å². The molecule has 0 fully saturated rings. The van der Waals surface area contributed by atoms with Crippen LogP contribution in [0.25, 0.3) is 16.9 Å². The minimum absolute atomic E-state index is 0.257. The van der Waals surface area contributed by atoms with Gasteiger partial charge in [0.15, 0.2) is 5.71 Å². The molecule has 1 aliphatic heterocycles. The van der Waals surface area contributed by atoms with Gasteiger partial charge in [-0.1, -0.05) is 57.9 Å². The van der Waals surface area contributed by atoms with E-state index in [4.69, 9.17) is 11.6 Å². The maximum Gasteiger partial charge on any atom is 0.276 e. The summed E-state index contributed by atoms with van der Waals surface area (Å²) in [4.78, 5) is 13.0. The molecule has 1 aliphatic rings. The summed E-state index contributed by atoms with van der Waals surface area (Å²) in [5.74, 6) is -0.257. The van der Waals surface area contributed by atoms with Gasteiger partial charge in [-0.3, -0.25) is 9.36 Å². The van der Waals surface area contributed by atoms with E-state index < -0.39 is 0 Å². The molecule has 4 aromatic rings. The molecular formula is C23H14BrClN4OS. The van der Waals surface area contributed by atoms with Crippen molar-refractivity contribution >= 4 is 56.2 Å². The lowest BCUT2D eigenvalue weighted by molar-refractivity contribution is -0.110. The van der Waals surface area contributed by atoms with Crippen LogP contribution in [0, 0.1) is 0 Å². The number of carbonyl (C=O) groups is 1. The predicted octanol–water partition coefficient (Wildman–Crippen LogP) is 5.88. The number of benzene rings is 3. The minimum Gasteiger partial charge on any atom is -0.320 e. The largest absolute Gasteiger partial charge is 0.320 e. The number of aromatic nitrogens is 1. The van der Waals surface area contributed by atoms with Crippen LogP contribution in [-0.4, -0.2) is 16.2 Å². The SMILES string of the molecule is O=C1Nc2ccccc2/C1=N/N=c1\scc(-c2ccc(Br)cc2)n1-c1ccc(Cl)cc1. The average molecular weight is 510 g/mol. The average Bonchev–Trinajstić information content (AvgIpc) is 3.34. The van der Waals surface area contributed by atoms with Crippen molar-refractivity contribution in [2.45, 2.75) is 0 Å². The van der Waals surface area contributed by atoms with E-state index >= 15 is 0 Å². The summed E-state index contributed by atoms with van der Waals surface area (Å²) >= 11 is 11.0. The third-order valence-electron chi connectivity index (χ3n) is 4.81. The first-order valence-corrected chi connectivity index (χ1v) is 11.4. The summed E-state index contributed by atoms with van der Waals surface area (Å²) in [6.07, 6.45) is 0. The van der Waals surface area contributed by atoms with Crippen molar-refractivity contribution < 1.29 is 4.79 Å². The maximum atomic E-state index is 12.4. The van der Waals surface area contributed by atoms with Crippen LogP contribution in [-0.2, 0) is 4.79 Å². The first kappa shape index (κ1) is 19.9. The lowest BCUT2D eigenvalue weighted by Gasteiger charge is -2.09. The highest BCUT2D eigenvalue weighted by atomic mass is 79.9. The molecule has 0 aliphatic carbocycles. The van der Waals surface area contributed by atoms with Gasteiger partial charge < -0.3 is 5.32 Å². The molecule has 5 nitrogen and oxygen atoms in total. The molecule has 1 aromatic heterocycles. The van der Waals surface area contributed by atoms with Gasteiger partial charge in [-0.05, 0) is 48.0 Å². The fourth-order valence-electron chi connectivity index (χ4n) is 3.34. The third-order valence-corrected chi connectivity index (χ3v) is 6.41. The number of hydrogen-bond donors (Lipinski definition) is 1. The number of rotatable bonds is 3. The molecule has 0 bridgehead atoms. The van der Waals surface area contributed by atoms with Crippen LogP contribution in [0.3, 0.4) is 0 Å². The van der Waals surface area contributed by atoms with Crippen molar-refractivity contribution in [1.29, 1.82) is 0 Å². The number of nitrogens with zero attached hydrogens (tertiary/aromatic N) is 3. The van der Waals surface area contributed by atoms with E-state index in [1.54, 1.807) is 0 Å². The topological polar surface area (TPSA) is 58.8 Å². The van der Waals surface area contributed by atoms with Gasteiger partial charge in [0.2, 0.25) is 4.80 Å². The maximum absolute atomic E-state index is 12.4. The molecule has 0 atom stereocenters. The first-order valence-electron chi connectivity index (χ1n) is 9.35. The van der Waals surface area contributed by atoms with E-state index in [2.05, 4.69) is 31.4 Å². The molecule has 31 heavy (non-hydrogen) atoms. The lowest BCUT2D eigenvalue weighted by atomic mass is 10.1. The van der Waals surface area contributed by atoms with Crippen molar-refractivity contribution in [2.75, 3.05) is 5.32 Å². The van der Waals surface area contributed by atoms with E-state index in [1.165, 1.54) is 11.3 Å². The monoisotopic (exact) mass is 508 g/mol. The Hall–Kier alpha value is -3.00. The minimum atomic E-state index is -0.257. The zero-order chi connectivity index (χ0) is 21.4. The summed E-state index contributed by atoms with van der Waals surface area (Å²) < 4.78 is 3.01. The van der Waals surface area contributed by atoms with Gasteiger partial charge in [0.05, 0.1) is 11.4 Å².